The number of ether oxygens (including phenoxy) is 1. The molecule has 1 saturated heterocycles. The molecule has 8 heteroatoms. The topological polar surface area (TPSA) is 76.6 Å². The van der Waals surface area contributed by atoms with Crippen molar-refractivity contribution in [2.24, 2.45) is 0 Å². The molecule has 1 N–H and O–H groups in total. The number of rotatable bonds is 4. The number of nitrogens with zero attached hydrogens (tertiary/aromatic N) is 3. The van der Waals surface area contributed by atoms with E-state index in [2.05, 4.69) is 9.94 Å². The maximum Gasteiger partial charge on any atom is 0.442 e. The van der Waals surface area contributed by atoms with E-state index in [-0.39, 0.29) is 33.8 Å². The highest BCUT2D eigenvalue weighted by atomic mass is 19.1. The first-order chi connectivity index (χ1) is 11.1. The van der Waals surface area contributed by atoms with Gasteiger partial charge in [-0.1, -0.05) is 0 Å². The van der Waals surface area contributed by atoms with Crippen LogP contribution >= 0.6 is 0 Å². The molecule has 0 radical (unpaired) electrons. The predicted octanol–water partition coefficient (Wildman–Crippen LogP) is 3.07. The minimum absolute atomic E-state index is 0.0671. The summed E-state index contributed by atoms with van der Waals surface area (Å²) in [5.74, 6) is -0.746. The molecule has 122 valence electrons. The fraction of sp³-hybridized carbons (Fsp3) is 0.400. The van der Waals surface area contributed by atoms with Crippen LogP contribution in [0.2, 0.25) is 0 Å². The van der Waals surface area contributed by atoms with Gasteiger partial charge in [-0.3, -0.25) is 0 Å². The molecule has 0 saturated carbocycles. The highest BCUT2D eigenvalue weighted by molar-refractivity contribution is 5.75. The quantitative estimate of drug-likeness (QED) is 0.876. The SMILES string of the molecule is CO[N+](=O)c1nn(C2CCCCO2)cc1-c1cc(F)ccc1O. The summed E-state index contributed by atoms with van der Waals surface area (Å²) in [5, 5.41) is 14.2. The largest absolute Gasteiger partial charge is 0.507 e. The lowest BCUT2D eigenvalue weighted by molar-refractivity contribution is -0.738. The lowest BCUT2D eigenvalue weighted by atomic mass is 10.1. The third-order valence-electron chi connectivity index (χ3n) is 3.75. The van der Waals surface area contributed by atoms with Crippen LogP contribution in [-0.4, -0.2) is 33.5 Å². The van der Waals surface area contributed by atoms with Gasteiger partial charge in [0.15, 0.2) is 11.2 Å². The molecule has 0 amide bonds. The normalized spacial score (nSPS) is 17.9. The van der Waals surface area contributed by atoms with Crippen molar-refractivity contribution in [3.05, 3.63) is 35.1 Å². The fourth-order valence-electron chi connectivity index (χ4n) is 2.60. The zero-order chi connectivity index (χ0) is 16.4. The summed E-state index contributed by atoms with van der Waals surface area (Å²) in [6.45, 7) is 0.617. The van der Waals surface area contributed by atoms with E-state index >= 15 is 0 Å². The highest BCUT2D eigenvalue weighted by Gasteiger charge is 2.32. The van der Waals surface area contributed by atoms with E-state index in [0.717, 1.165) is 31.4 Å². The van der Waals surface area contributed by atoms with Crippen molar-refractivity contribution in [2.75, 3.05) is 13.7 Å². The Bertz CT molecular complexity index is 726. The summed E-state index contributed by atoms with van der Waals surface area (Å²) in [5.41, 5.74) is 0.438. The van der Waals surface area contributed by atoms with Crippen molar-refractivity contribution in [2.45, 2.75) is 25.5 Å². The van der Waals surface area contributed by atoms with Crippen molar-refractivity contribution in [3.8, 4) is 16.9 Å². The number of phenols is 1. The molecule has 1 aromatic carbocycles. The Kier molecular flexibility index (Phi) is 4.24. The zero-order valence-corrected chi connectivity index (χ0v) is 12.6. The van der Waals surface area contributed by atoms with Gasteiger partial charge in [0.05, 0.1) is 11.3 Å². The summed E-state index contributed by atoms with van der Waals surface area (Å²) in [6.07, 6.45) is 4.00. The molecule has 1 aliphatic rings. The van der Waals surface area contributed by atoms with Crippen LogP contribution in [0.5, 0.6) is 5.75 Å². The molecule has 0 bridgehead atoms. The van der Waals surface area contributed by atoms with Gasteiger partial charge in [-0.15, -0.1) is 0 Å². The van der Waals surface area contributed by atoms with Crippen LogP contribution in [0.15, 0.2) is 24.4 Å². The smallest absolute Gasteiger partial charge is 0.442 e. The Morgan fingerprint density at radius 2 is 2.26 bits per heavy atom. The van der Waals surface area contributed by atoms with Crippen LogP contribution in [-0.2, 0) is 9.57 Å². The van der Waals surface area contributed by atoms with Crippen LogP contribution in [0, 0.1) is 10.7 Å². The first kappa shape index (κ1) is 15.4. The summed E-state index contributed by atoms with van der Waals surface area (Å²) in [4.78, 5) is 16.8. The molecule has 0 aliphatic carbocycles. The monoisotopic (exact) mass is 322 g/mol. The fourth-order valence-corrected chi connectivity index (χ4v) is 2.60. The highest BCUT2D eigenvalue weighted by Crippen LogP contribution is 2.37. The molecule has 0 spiro atoms. The molecule has 7 nitrogen and oxygen atoms in total. The molecule has 2 heterocycles. The second-order valence-electron chi connectivity index (χ2n) is 5.27. The van der Waals surface area contributed by atoms with Gasteiger partial charge in [-0.2, -0.15) is 4.68 Å². The summed E-state index contributed by atoms with van der Waals surface area (Å²) < 4.78 is 20.7. The van der Waals surface area contributed by atoms with Gasteiger partial charge >= 0.3 is 5.82 Å². The minimum atomic E-state index is -0.528. The number of aromatic hydroxyl groups is 1. The minimum Gasteiger partial charge on any atom is -0.507 e. The summed E-state index contributed by atoms with van der Waals surface area (Å²) in [6, 6.07) is 3.51. The van der Waals surface area contributed by atoms with Gasteiger partial charge in [0.1, 0.15) is 24.2 Å². The van der Waals surface area contributed by atoms with E-state index in [9.17, 15) is 14.4 Å². The van der Waals surface area contributed by atoms with E-state index in [1.165, 1.54) is 17.9 Å². The van der Waals surface area contributed by atoms with E-state index in [1.54, 1.807) is 6.20 Å². The van der Waals surface area contributed by atoms with Gasteiger partial charge in [-0.05, 0) is 42.4 Å². The summed E-state index contributed by atoms with van der Waals surface area (Å²) in [7, 11) is 1.21. The molecular weight excluding hydrogens is 305 g/mol. The average Bonchev–Trinajstić information content (AvgIpc) is 3.02. The van der Waals surface area contributed by atoms with Crippen molar-refractivity contribution in [1.82, 2.24) is 9.78 Å². The third kappa shape index (κ3) is 3.02. The van der Waals surface area contributed by atoms with E-state index in [4.69, 9.17) is 4.74 Å². The Balaban J connectivity index is 2.08. The molecule has 23 heavy (non-hydrogen) atoms. The van der Waals surface area contributed by atoms with Crippen molar-refractivity contribution in [3.63, 3.8) is 0 Å². The number of benzene rings is 1. The van der Waals surface area contributed by atoms with E-state index in [1.807, 2.05) is 0 Å². The standard InChI is InChI=1S/C15H16FN3O4/c1-22-19(21)15-12(11-8-10(16)5-6-13(11)20)9-18(17-15)14-4-2-3-7-23-14/h5-6,8-9,14H,2-4,7H2,1H3/p+1. The lowest BCUT2D eigenvalue weighted by Gasteiger charge is -2.20. The van der Waals surface area contributed by atoms with E-state index in [0.29, 0.717) is 6.61 Å². The van der Waals surface area contributed by atoms with Crippen molar-refractivity contribution < 1.29 is 24.0 Å². The number of hydrogen-bond acceptors (Lipinski definition) is 5. The van der Waals surface area contributed by atoms with Gasteiger partial charge in [0.25, 0.3) is 0 Å². The van der Waals surface area contributed by atoms with Crippen LogP contribution in [0.4, 0.5) is 10.2 Å². The molecule has 3 rings (SSSR count). The first-order valence-corrected chi connectivity index (χ1v) is 7.31. The van der Waals surface area contributed by atoms with Crippen molar-refractivity contribution in [1.29, 1.82) is 0 Å². The molecule has 1 fully saturated rings. The van der Waals surface area contributed by atoms with Crippen LogP contribution in [0.25, 0.3) is 11.1 Å². The number of aromatic nitrogens is 2. The molecule has 1 aliphatic heterocycles. The summed E-state index contributed by atoms with van der Waals surface area (Å²) >= 11 is 0. The average molecular weight is 322 g/mol. The lowest BCUT2D eigenvalue weighted by Crippen LogP contribution is -2.18. The van der Waals surface area contributed by atoms with Gasteiger partial charge in [0.2, 0.25) is 0 Å². The number of hydrogen-bond donors (Lipinski definition) is 1. The second kappa shape index (κ2) is 6.33. The third-order valence-corrected chi connectivity index (χ3v) is 3.75. The molecule has 1 aromatic heterocycles. The van der Waals surface area contributed by atoms with Crippen LogP contribution in [0.3, 0.4) is 0 Å². The Labute approximate surface area is 131 Å². The van der Waals surface area contributed by atoms with Crippen LogP contribution in [0.1, 0.15) is 25.5 Å². The molecular formula is C15H17FN3O4+. The predicted molar refractivity (Wildman–Crippen MR) is 78.4 cm³/mol. The van der Waals surface area contributed by atoms with E-state index < -0.39 is 5.82 Å². The molecule has 1 unspecified atom stereocenters. The van der Waals surface area contributed by atoms with Crippen molar-refractivity contribution >= 4 is 5.82 Å². The Morgan fingerprint density at radius 3 is 2.96 bits per heavy atom. The zero-order valence-electron chi connectivity index (χ0n) is 12.6. The maximum absolute atomic E-state index is 13.5. The first-order valence-electron chi connectivity index (χ1n) is 7.31. The number of halogens is 1. The van der Waals surface area contributed by atoms with Gasteiger partial charge < -0.3 is 14.7 Å². The Hall–Kier alpha value is -2.48. The number of phenolic OH excluding ortho intramolecular Hbond substituents is 1. The van der Waals surface area contributed by atoms with Gasteiger partial charge in [0, 0.05) is 12.2 Å². The van der Waals surface area contributed by atoms with Crippen LogP contribution < -0.4 is 0 Å². The van der Waals surface area contributed by atoms with Gasteiger partial charge in [-0.25, -0.2) is 4.39 Å². The molecule has 2 aromatic rings. The maximum atomic E-state index is 13.5. The second-order valence-corrected chi connectivity index (χ2v) is 5.27. The Morgan fingerprint density at radius 1 is 1.43 bits per heavy atom. The molecule has 1 atom stereocenters.